The molecule has 0 aliphatic carbocycles. The van der Waals surface area contributed by atoms with E-state index in [1.807, 2.05) is 24.3 Å². The van der Waals surface area contributed by atoms with Gasteiger partial charge in [-0.1, -0.05) is 26.0 Å². The van der Waals surface area contributed by atoms with Gasteiger partial charge in [-0.25, -0.2) is 8.42 Å². The molecule has 1 aliphatic heterocycles. The van der Waals surface area contributed by atoms with Gasteiger partial charge in [0.25, 0.3) is 5.91 Å². The van der Waals surface area contributed by atoms with Gasteiger partial charge < -0.3 is 19.1 Å². The Morgan fingerprint density at radius 3 is 2.45 bits per heavy atom. The van der Waals surface area contributed by atoms with Crippen LogP contribution in [-0.4, -0.2) is 70.0 Å². The summed E-state index contributed by atoms with van der Waals surface area (Å²) in [4.78, 5) is 14.7. The van der Waals surface area contributed by atoms with E-state index in [1.54, 1.807) is 20.9 Å². The van der Waals surface area contributed by atoms with Crippen LogP contribution in [0.4, 0.5) is 0 Å². The first kappa shape index (κ1) is 22.9. The summed E-state index contributed by atoms with van der Waals surface area (Å²) in [5.74, 6) is 1.24. The molecule has 0 saturated heterocycles. The fourth-order valence-electron chi connectivity index (χ4n) is 3.47. The maximum atomic E-state index is 13.2. The molecule has 31 heavy (non-hydrogen) atoms. The Hall–Kier alpha value is -2.78. The van der Waals surface area contributed by atoms with E-state index in [-0.39, 0.29) is 29.0 Å². The van der Waals surface area contributed by atoms with E-state index in [4.69, 9.17) is 14.2 Å². The van der Waals surface area contributed by atoms with Crippen LogP contribution >= 0.6 is 0 Å². The lowest BCUT2D eigenvalue weighted by atomic mass is 10.1. The van der Waals surface area contributed by atoms with Gasteiger partial charge in [-0.05, 0) is 30.3 Å². The van der Waals surface area contributed by atoms with Crippen LogP contribution in [0.15, 0.2) is 47.4 Å². The van der Waals surface area contributed by atoms with Crippen molar-refractivity contribution in [2.75, 3.05) is 40.4 Å². The number of ether oxygens (including phenoxy) is 3. The van der Waals surface area contributed by atoms with E-state index < -0.39 is 10.0 Å². The minimum atomic E-state index is -3.71. The predicted molar refractivity (Wildman–Crippen MR) is 116 cm³/mol. The monoisotopic (exact) mass is 448 g/mol. The van der Waals surface area contributed by atoms with Gasteiger partial charge in [0.15, 0.2) is 17.6 Å². The summed E-state index contributed by atoms with van der Waals surface area (Å²) in [7, 11) is -0.626. The number of likely N-dealkylation sites (N-methyl/N-ethyl adjacent to an activating group) is 1. The zero-order valence-corrected chi connectivity index (χ0v) is 19.0. The summed E-state index contributed by atoms with van der Waals surface area (Å²) in [6, 6.07) is 11.7. The molecule has 3 rings (SSSR count). The van der Waals surface area contributed by atoms with Crippen LogP contribution in [0.5, 0.6) is 17.2 Å². The summed E-state index contributed by atoms with van der Waals surface area (Å²) in [6.45, 7) is 4.80. The van der Waals surface area contributed by atoms with Crippen molar-refractivity contribution < 1.29 is 27.4 Å². The van der Waals surface area contributed by atoms with Gasteiger partial charge in [0, 0.05) is 20.1 Å². The molecule has 0 saturated carbocycles. The first-order valence-electron chi connectivity index (χ1n) is 10.1. The first-order valence-corrected chi connectivity index (χ1v) is 11.6. The van der Waals surface area contributed by atoms with Gasteiger partial charge in [-0.2, -0.15) is 4.31 Å². The predicted octanol–water partition coefficient (Wildman–Crippen LogP) is 2.64. The van der Waals surface area contributed by atoms with Crippen molar-refractivity contribution in [1.82, 2.24) is 9.21 Å². The van der Waals surface area contributed by atoms with Crippen molar-refractivity contribution >= 4 is 15.9 Å². The second kappa shape index (κ2) is 9.57. The van der Waals surface area contributed by atoms with Crippen LogP contribution in [0, 0.1) is 0 Å². The SMILES string of the molecule is CCN(CC)S(=O)(=O)c1ccc(OC)c(C(=O)N(C)CC2COc3ccccc3O2)c1. The van der Waals surface area contributed by atoms with Gasteiger partial charge in [0.2, 0.25) is 10.0 Å². The smallest absolute Gasteiger partial charge is 0.257 e. The highest BCUT2D eigenvalue weighted by Gasteiger charge is 2.28. The number of para-hydroxylation sites is 2. The molecule has 1 aliphatic rings. The fourth-order valence-corrected chi connectivity index (χ4v) is 4.96. The number of rotatable bonds is 8. The van der Waals surface area contributed by atoms with Gasteiger partial charge in [-0.15, -0.1) is 0 Å². The number of methoxy groups -OCH3 is 1. The molecule has 0 fully saturated rings. The van der Waals surface area contributed by atoms with E-state index in [1.165, 1.54) is 34.5 Å². The summed E-state index contributed by atoms with van der Waals surface area (Å²) in [6.07, 6.45) is -0.350. The van der Waals surface area contributed by atoms with Crippen molar-refractivity contribution in [2.45, 2.75) is 24.8 Å². The van der Waals surface area contributed by atoms with Crippen molar-refractivity contribution in [3.63, 3.8) is 0 Å². The third-order valence-electron chi connectivity index (χ3n) is 5.14. The average molecular weight is 449 g/mol. The normalized spacial score (nSPS) is 15.6. The molecule has 0 radical (unpaired) electrons. The molecule has 1 atom stereocenters. The molecule has 2 aromatic rings. The lowest BCUT2D eigenvalue weighted by Crippen LogP contribution is -2.42. The number of benzene rings is 2. The Morgan fingerprint density at radius 1 is 1.13 bits per heavy atom. The quantitative estimate of drug-likeness (QED) is 0.617. The zero-order valence-electron chi connectivity index (χ0n) is 18.2. The molecule has 1 unspecified atom stereocenters. The Bertz CT molecular complexity index is 1040. The maximum absolute atomic E-state index is 13.2. The lowest BCUT2D eigenvalue weighted by molar-refractivity contribution is 0.0519. The molecular weight excluding hydrogens is 420 g/mol. The molecule has 0 aromatic heterocycles. The number of sulfonamides is 1. The van der Waals surface area contributed by atoms with E-state index in [2.05, 4.69) is 0 Å². The Labute approximate surface area is 183 Å². The molecule has 2 aromatic carbocycles. The number of amides is 1. The highest BCUT2D eigenvalue weighted by molar-refractivity contribution is 7.89. The first-order chi connectivity index (χ1) is 14.8. The number of nitrogens with zero attached hydrogens (tertiary/aromatic N) is 2. The highest BCUT2D eigenvalue weighted by Crippen LogP contribution is 2.31. The topological polar surface area (TPSA) is 85.4 Å². The van der Waals surface area contributed by atoms with E-state index in [0.717, 1.165) is 0 Å². The van der Waals surface area contributed by atoms with E-state index >= 15 is 0 Å². The summed E-state index contributed by atoms with van der Waals surface area (Å²) in [5, 5.41) is 0. The van der Waals surface area contributed by atoms with Crippen molar-refractivity contribution in [3.8, 4) is 17.2 Å². The Balaban J connectivity index is 1.82. The van der Waals surface area contributed by atoms with Gasteiger partial charge >= 0.3 is 0 Å². The van der Waals surface area contributed by atoms with Crippen molar-refractivity contribution in [1.29, 1.82) is 0 Å². The summed E-state index contributed by atoms with van der Waals surface area (Å²) in [5.41, 5.74) is 0.176. The van der Waals surface area contributed by atoms with Crippen molar-refractivity contribution in [2.24, 2.45) is 0 Å². The number of hydrogen-bond acceptors (Lipinski definition) is 6. The van der Waals surface area contributed by atoms with Crippen LogP contribution in [-0.2, 0) is 10.0 Å². The molecule has 1 amide bonds. The van der Waals surface area contributed by atoms with Crippen molar-refractivity contribution in [3.05, 3.63) is 48.0 Å². The third kappa shape index (κ3) is 4.77. The molecule has 8 nitrogen and oxygen atoms in total. The summed E-state index contributed by atoms with van der Waals surface area (Å²) >= 11 is 0. The van der Waals surface area contributed by atoms with E-state index in [9.17, 15) is 13.2 Å². The third-order valence-corrected chi connectivity index (χ3v) is 7.18. The number of fused-ring (bicyclic) bond motifs is 1. The van der Waals surface area contributed by atoms with Crippen LogP contribution in [0.2, 0.25) is 0 Å². The van der Waals surface area contributed by atoms with Gasteiger partial charge in [-0.3, -0.25) is 4.79 Å². The zero-order chi connectivity index (χ0) is 22.6. The van der Waals surface area contributed by atoms with Gasteiger partial charge in [0.1, 0.15) is 12.4 Å². The number of carbonyl (C=O) groups excluding carboxylic acids is 1. The second-order valence-corrected chi connectivity index (χ2v) is 9.07. The van der Waals surface area contributed by atoms with Gasteiger partial charge in [0.05, 0.1) is 24.1 Å². The van der Waals surface area contributed by atoms with E-state index in [0.29, 0.717) is 36.9 Å². The fraction of sp³-hybridized carbons (Fsp3) is 0.409. The average Bonchev–Trinajstić information content (AvgIpc) is 2.78. The minimum Gasteiger partial charge on any atom is -0.496 e. The van der Waals surface area contributed by atoms with Crippen LogP contribution < -0.4 is 14.2 Å². The maximum Gasteiger partial charge on any atom is 0.257 e. The number of carbonyl (C=O) groups is 1. The molecular formula is C22H28N2O6S. The largest absolute Gasteiger partial charge is 0.496 e. The van der Waals surface area contributed by atoms with Crippen LogP contribution in [0.1, 0.15) is 24.2 Å². The molecule has 0 N–H and O–H groups in total. The second-order valence-electron chi connectivity index (χ2n) is 7.13. The Kier molecular flexibility index (Phi) is 7.07. The van der Waals surface area contributed by atoms with Crippen LogP contribution in [0.25, 0.3) is 0 Å². The lowest BCUT2D eigenvalue weighted by Gasteiger charge is -2.30. The minimum absolute atomic E-state index is 0.0555. The van der Waals surface area contributed by atoms with Crippen LogP contribution in [0.3, 0.4) is 0 Å². The standard InChI is InChI=1S/C22H28N2O6S/c1-5-24(6-2)31(26,27)17-11-12-19(28-4)18(13-17)22(25)23(3)14-16-15-29-20-9-7-8-10-21(20)30-16/h7-13,16H,5-6,14-15H2,1-4H3. The number of hydrogen-bond donors (Lipinski definition) is 0. The highest BCUT2D eigenvalue weighted by atomic mass is 32.2. The molecule has 0 spiro atoms. The Morgan fingerprint density at radius 2 is 1.81 bits per heavy atom. The summed E-state index contributed by atoms with van der Waals surface area (Å²) < 4.78 is 44.1. The molecule has 0 bridgehead atoms. The molecule has 1 heterocycles. The molecule has 9 heteroatoms. The molecule has 168 valence electrons.